The van der Waals surface area contributed by atoms with E-state index in [0.717, 1.165) is 69.2 Å². The quantitative estimate of drug-likeness (QED) is 0.687. The van der Waals surface area contributed by atoms with Gasteiger partial charge in [0.05, 0.1) is 11.4 Å². The molecule has 2 aliphatic heterocycles. The number of hydrogen-bond donors (Lipinski definition) is 2. The number of nitrogens with zero attached hydrogens (tertiary/aromatic N) is 2. The number of nitrogens with one attached hydrogen (secondary N) is 2. The van der Waals surface area contributed by atoms with Crippen molar-refractivity contribution in [2.75, 3.05) is 36.5 Å². The van der Waals surface area contributed by atoms with Gasteiger partial charge in [-0.1, -0.05) is 0 Å². The molecule has 33 heavy (non-hydrogen) atoms. The molecule has 2 saturated carbocycles. The van der Waals surface area contributed by atoms with Gasteiger partial charge in [-0.25, -0.2) is 9.78 Å². The summed E-state index contributed by atoms with van der Waals surface area (Å²) in [6.07, 6.45) is 7.77. The third kappa shape index (κ3) is 4.93. The van der Waals surface area contributed by atoms with Crippen LogP contribution in [0.5, 0.6) is 0 Å². The van der Waals surface area contributed by atoms with E-state index in [1.807, 2.05) is 20.8 Å². The van der Waals surface area contributed by atoms with Crippen molar-refractivity contribution in [2.24, 2.45) is 10.8 Å². The summed E-state index contributed by atoms with van der Waals surface area (Å²) >= 11 is 0. The van der Waals surface area contributed by atoms with Gasteiger partial charge in [-0.2, -0.15) is 0 Å². The van der Waals surface area contributed by atoms with E-state index in [0.29, 0.717) is 16.9 Å². The summed E-state index contributed by atoms with van der Waals surface area (Å²) in [6, 6.07) is 5.15. The number of carbonyl (C=O) groups excluding carboxylic acids is 1. The average molecular weight is 457 g/mol. The molecular formula is C26H40N4O3. The van der Waals surface area contributed by atoms with Gasteiger partial charge in [-0.15, -0.1) is 0 Å². The normalized spacial score (nSPS) is 30.6. The monoisotopic (exact) mass is 456 g/mol. The van der Waals surface area contributed by atoms with E-state index >= 15 is 0 Å². The van der Waals surface area contributed by atoms with E-state index in [1.54, 1.807) is 0 Å². The molecule has 2 spiro atoms. The maximum absolute atomic E-state index is 12.0. The van der Waals surface area contributed by atoms with Crippen LogP contribution in [0.4, 0.5) is 16.3 Å². The van der Waals surface area contributed by atoms with Gasteiger partial charge in [0.25, 0.3) is 0 Å². The molecule has 3 heterocycles. The Morgan fingerprint density at radius 3 is 2.45 bits per heavy atom. The number of ether oxygens (including phenoxy) is 2. The van der Waals surface area contributed by atoms with Crippen molar-refractivity contribution in [3.05, 3.63) is 17.8 Å². The van der Waals surface area contributed by atoms with Gasteiger partial charge in [-0.05, 0) is 95.6 Å². The molecule has 0 aromatic carbocycles. The van der Waals surface area contributed by atoms with Crippen LogP contribution in [0, 0.1) is 17.8 Å². The summed E-state index contributed by atoms with van der Waals surface area (Å²) in [7, 11) is 0. The van der Waals surface area contributed by atoms with Gasteiger partial charge in [0.15, 0.2) is 0 Å². The predicted molar refractivity (Wildman–Crippen MR) is 130 cm³/mol. The molecule has 4 fully saturated rings. The van der Waals surface area contributed by atoms with E-state index in [1.165, 1.54) is 19.3 Å². The molecule has 0 unspecified atom stereocenters. The average Bonchev–Trinajstić information content (AvgIpc) is 3.08. The minimum atomic E-state index is -0.445. The highest BCUT2D eigenvalue weighted by molar-refractivity contribution is 5.68. The molecule has 2 saturated heterocycles. The highest BCUT2D eigenvalue weighted by Gasteiger charge is 2.53. The number of pyridine rings is 1. The number of amides is 1. The summed E-state index contributed by atoms with van der Waals surface area (Å²) < 4.78 is 11.0. The first-order valence-corrected chi connectivity index (χ1v) is 12.7. The molecular weight excluding hydrogens is 416 g/mol. The molecule has 7 heteroatoms. The van der Waals surface area contributed by atoms with Crippen LogP contribution >= 0.6 is 0 Å². The van der Waals surface area contributed by atoms with E-state index in [2.05, 4.69) is 34.6 Å². The smallest absolute Gasteiger partial charge is 0.407 e. The molecule has 0 radical (unpaired) electrons. The highest BCUT2D eigenvalue weighted by atomic mass is 16.6. The Hall–Kier alpha value is -2.02. The topological polar surface area (TPSA) is 75.7 Å². The van der Waals surface area contributed by atoms with E-state index in [9.17, 15) is 4.79 Å². The Balaban J connectivity index is 1.08. The fraction of sp³-hybridized carbons (Fsp3) is 0.769. The minimum absolute atomic E-state index is 0.253. The zero-order valence-corrected chi connectivity index (χ0v) is 20.7. The number of aryl methyl sites for hydroxylation is 1. The number of rotatable bonds is 4. The van der Waals surface area contributed by atoms with Crippen molar-refractivity contribution < 1.29 is 14.3 Å². The Labute approximate surface area is 198 Å². The van der Waals surface area contributed by atoms with Crippen molar-refractivity contribution >= 4 is 17.6 Å². The SMILES string of the molecule is Cc1nc(N2CCC3(CCOCC3)C2)ccc1NC1CC2(CC(NC(=O)OC(C)(C)C)C2)C1. The van der Waals surface area contributed by atoms with Gasteiger partial charge >= 0.3 is 6.09 Å². The Bertz CT molecular complexity index is 876. The van der Waals surface area contributed by atoms with Gasteiger partial charge in [-0.3, -0.25) is 0 Å². The number of aromatic nitrogens is 1. The first kappa shape index (κ1) is 22.8. The Morgan fingerprint density at radius 2 is 1.79 bits per heavy atom. The minimum Gasteiger partial charge on any atom is -0.444 e. The lowest BCUT2D eigenvalue weighted by Crippen LogP contribution is -2.59. The van der Waals surface area contributed by atoms with Gasteiger partial charge in [0.2, 0.25) is 0 Å². The van der Waals surface area contributed by atoms with Gasteiger partial charge in [0.1, 0.15) is 11.4 Å². The van der Waals surface area contributed by atoms with Crippen LogP contribution in [-0.2, 0) is 9.47 Å². The van der Waals surface area contributed by atoms with Crippen LogP contribution in [0.3, 0.4) is 0 Å². The predicted octanol–water partition coefficient (Wildman–Crippen LogP) is 4.64. The molecule has 5 rings (SSSR count). The second-order valence-corrected chi connectivity index (χ2v) is 12.1. The largest absolute Gasteiger partial charge is 0.444 e. The third-order valence-electron chi connectivity index (χ3n) is 8.19. The van der Waals surface area contributed by atoms with Crippen LogP contribution in [0.25, 0.3) is 0 Å². The number of anilines is 2. The first-order valence-electron chi connectivity index (χ1n) is 12.7. The lowest BCUT2D eigenvalue weighted by molar-refractivity contribution is -0.0178. The lowest BCUT2D eigenvalue weighted by Gasteiger charge is -2.58. The first-order chi connectivity index (χ1) is 15.6. The summed E-state index contributed by atoms with van der Waals surface area (Å²) in [5.41, 5.74) is 2.62. The van der Waals surface area contributed by atoms with E-state index in [-0.39, 0.29) is 12.1 Å². The molecule has 2 N–H and O–H groups in total. The van der Waals surface area contributed by atoms with E-state index in [4.69, 9.17) is 14.5 Å². The standard InChI is InChI=1S/C26H40N4O3/c1-18-21(5-6-22(27-18)30-10-7-25(17-30)8-11-32-12-9-25)28-19-13-26(14-19)15-20(16-26)29-23(31)33-24(2,3)4/h5-6,19-20,28H,7-17H2,1-4H3,(H,29,31). The molecule has 1 amide bonds. The zero-order chi connectivity index (χ0) is 23.3. The van der Waals surface area contributed by atoms with Gasteiger partial charge in [0, 0.05) is 38.4 Å². The van der Waals surface area contributed by atoms with Crippen LogP contribution in [-0.4, -0.2) is 55.1 Å². The molecule has 4 aliphatic rings. The number of hydrogen-bond acceptors (Lipinski definition) is 6. The molecule has 1 aromatic heterocycles. The third-order valence-corrected chi connectivity index (χ3v) is 8.19. The van der Waals surface area contributed by atoms with Crippen molar-refractivity contribution in [1.82, 2.24) is 10.3 Å². The molecule has 2 aliphatic carbocycles. The van der Waals surface area contributed by atoms with E-state index < -0.39 is 5.60 Å². The highest BCUT2D eigenvalue weighted by Crippen LogP contribution is 2.56. The Morgan fingerprint density at radius 1 is 1.09 bits per heavy atom. The summed E-state index contributed by atoms with van der Waals surface area (Å²) in [6.45, 7) is 11.8. The molecule has 1 aromatic rings. The van der Waals surface area contributed by atoms with Crippen LogP contribution in [0.2, 0.25) is 0 Å². The van der Waals surface area contributed by atoms with Crippen molar-refractivity contribution in [2.45, 2.75) is 90.3 Å². The molecule has 182 valence electrons. The molecule has 0 bridgehead atoms. The fourth-order valence-electron chi connectivity index (χ4n) is 6.42. The number of carbonyl (C=O) groups is 1. The van der Waals surface area contributed by atoms with Crippen molar-refractivity contribution in [1.29, 1.82) is 0 Å². The number of alkyl carbamates (subject to hydrolysis) is 1. The lowest BCUT2D eigenvalue weighted by atomic mass is 9.52. The van der Waals surface area contributed by atoms with Gasteiger partial charge < -0.3 is 25.0 Å². The van der Waals surface area contributed by atoms with Crippen LogP contribution < -0.4 is 15.5 Å². The van der Waals surface area contributed by atoms with Crippen LogP contribution in [0.15, 0.2) is 12.1 Å². The second kappa shape index (κ2) is 8.33. The maximum atomic E-state index is 12.0. The second-order valence-electron chi connectivity index (χ2n) is 12.1. The zero-order valence-electron chi connectivity index (χ0n) is 20.7. The van der Waals surface area contributed by atoms with Crippen LogP contribution in [0.1, 0.15) is 71.4 Å². The van der Waals surface area contributed by atoms with Crippen molar-refractivity contribution in [3.63, 3.8) is 0 Å². The summed E-state index contributed by atoms with van der Waals surface area (Å²) in [5, 5.41) is 6.74. The Kier molecular flexibility index (Phi) is 5.74. The van der Waals surface area contributed by atoms with Crippen molar-refractivity contribution in [3.8, 4) is 0 Å². The summed E-state index contributed by atoms with van der Waals surface area (Å²) in [4.78, 5) is 19.4. The molecule has 7 nitrogen and oxygen atoms in total. The summed E-state index contributed by atoms with van der Waals surface area (Å²) in [5.74, 6) is 1.11. The maximum Gasteiger partial charge on any atom is 0.407 e. The molecule has 0 atom stereocenters. The fourth-order valence-corrected chi connectivity index (χ4v) is 6.42.